The van der Waals surface area contributed by atoms with Crippen molar-refractivity contribution in [3.05, 3.63) is 0 Å². The molecule has 0 bridgehead atoms. The van der Waals surface area contributed by atoms with Crippen LogP contribution in [0.2, 0.25) is 0 Å². The van der Waals surface area contributed by atoms with E-state index in [1.54, 1.807) is 27.7 Å². The number of rotatable bonds is 1. The van der Waals surface area contributed by atoms with Gasteiger partial charge >= 0.3 is 0 Å². The van der Waals surface area contributed by atoms with E-state index in [1.807, 2.05) is 0 Å². The highest BCUT2D eigenvalue weighted by molar-refractivity contribution is 6.42. The smallest absolute Gasteiger partial charge is 0.264 e. The SMILES string of the molecule is CC1(C)N=C(C(N)=O)C(C)(C)N1[O]. The number of amides is 1. The summed E-state index contributed by atoms with van der Waals surface area (Å²) in [6.07, 6.45) is 0. The molecule has 0 aromatic rings. The Morgan fingerprint density at radius 3 is 2.00 bits per heavy atom. The number of hydroxylamine groups is 2. The first-order valence-electron chi connectivity index (χ1n) is 4.07. The zero-order valence-corrected chi connectivity index (χ0v) is 8.29. The van der Waals surface area contributed by atoms with Gasteiger partial charge in [0.2, 0.25) is 0 Å². The van der Waals surface area contributed by atoms with Gasteiger partial charge in [0.25, 0.3) is 5.91 Å². The standard InChI is InChI=1S/C8H14N3O2/c1-7(2)5(6(9)12)10-8(3,4)11(7)13/h1-4H3,(H2,9,12). The van der Waals surface area contributed by atoms with Crippen molar-refractivity contribution in [2.24, 2.45) is 10.7 Å². The fourth-order valence-corrected chi connectivity index (χ4v) is 1.59. The Hall–Kier alpha value is -0.940. The van der Waals surface area contributed by atoms with Crippen LogP contribution in [0.25, 0.3) is 0 Å². The summed E-state index contributed by atoms with van der Waals surface area (Å²) in [6.45, 7) is 6.58. The Labute approximate surface area is 77.2 Å². The minimum atomic E-state index is -0.921. The third kappa shape index (κ3) is 1.34. The van der Waals surface area contributed by atoms with E-state index < -0.39 is 17.1 Å². The van der Waals surface area contributed by atoms with Crippen LogP contribution in [0.4, 0.5) is 0 Å². The van der Waals surface area contributed by atoms with Gasteiger partial charge in [-0.05, 0) is 27.7 Å². The summed E-state index contributed by atoms with van der Waals surface area (Å²) in [7, 11) is 0. The second-order valence-corrected chi connectivity index (χ2v) is 4.17. The van der Waals surface area contributed by atoms with Crippen LogP contribution in [0, 0.1) is 0 Å². The van der Waals surface area contributed by atoms with Gasteiger partial charge in [0.15, 0.2) is 0 Å². The molecule has 0 saturated carbocycles. The fourth-order valence-electron chi connectivity index (χ4n) is 1.59. The van der Waals surface area contributed by atoms with Crippen LogP contribution in [-0.2, 0) is 10.0 Å². The Bertz CT molecular complexity index is 281. The normalized spacial score (nSPS) is 25.8. The summed E-state index contributed by atoms with van der Waals surface area (Å²) < 4.78 is 0. The second kappa shape index (κ2) is 2.52. The molecular weight excluding hydrogens is 170 g/mol. The summed E-state index contributed by atoms with van der Waals surface area (Å²) in [4.78, 5) is 15.0. The highest BCUT2D eigenvalue weighted by Crippen LogP contribution is 2.32. The van der Waals surface area contributed by atoms with Gasteiger partial charge in [-0.3, -0.25) is 9.79 Å². The number of nitrogens with zero attached hydrogens (tertiary/aromatic N) is 2. The lowest BCUT2D eigenvalue weighted by atomic mass is 9.98. The maximum Gasteiger partial charge on any atom is 0.264 e. The summed E-state index contributed by atoms with van der Waals surface area (Å²) in [6, 6.07) is 0. The van der Waals surface area contributed by atoms with Crippen LogP contribution in [0.1, 0.15) is 27.7 Å². The molecule has 1 aliphatic rings. The highest BCUT2D eigenvalue weighted by atomic mass is 16.5. The maximum absolute atomic E-state index is 11.7. The predicted octanol–water partition coefficient (Wildman–Crippen LogP) is 0.0885. The van der Waals surface area contributed by atoms with Gasteiger partial charge in [0.1, 0.15) is 11.4 Å². The van der Waals surface area contributed by atoms with Crippen molar-refractivity contribution in [3.63, 3.8) is 0 Å². The lowest BCUT2D eigenvalue weighted by Crippen LogP contribution is -2.51. The van der Waals surface area contributed by atoms with E-state index in [2.05, 4.69) is 4.99 Å². The van der Waals surface area contributed by atoms with Crippen LogP contribution in [0.3, 0.4) is 0 Å². The van der Waals surface area contributed by atoms with Gasteiger partial charge in [0, 0.05) is 0 Å². The zero-order valence-electron chi connectivity index (χ0n) is 8.29. The molecule has 1 aliphatic heterocycles. The maximum atomic E-state index is 11.7. The molecule has 1 radical (unpaired) electrons. The molecule has 1 amide bonds. The Morgan fingerprint density at radius 1 is 1.38 bits per heavy atom. The minimum absolute atomic E-state index is 0.146. The van der Waals surface area contributed by atoms with Gasteiger partial charge in [0.05, 0.1) is 5.54 Å². The minimum Gasteiger partial charge on any atom is -0.364 e. The van der Waals surface area contributed by atoms with Gasteiger partial charge in [-0.15, -0.1) is 10.3 Å². The number of hydrogen-bond acceptors (Lipinski definition) is 3. The number of hydrogen-bond donors (Lipinski definition) is 1. The molecule has 0 saturated heterocycles. The predicted molar refractivity (Wildman–Crippen MR) is 47.3 cm³/mol. The summed E-state index contributed by atoms with van der Waals surface area (Å²) in [5.41, 5.74) is 3.45. The molecule has 0 atom stereocenters. The van der Waals surface area contributed by atoms with E-state index in [0.29, 0.717) is 0 Å². The van der Waals surface area contributed by atoms with Crippen molar-refractivity contribution in [3.8, 4) is 0 Å². The van der Waals surface area contributed by atoms with Crippen molar-refractivity contribution in [1.29, 1.82) is 0 Å². The van der Waals surface area contributed by atoms with Crippen molar-refractivity contribution < 1.29 is 10.0 Å². The Kier molecular flexibility index (Phi) is 1.97. The van der Waals surface area contributed by atoms with Crippen molar-refractivity contribution >= 4 is 11.6 Å². The van der Waals surface area contributed by atoms with Crippen LogP contribution >= 0.6 is 0 Å². The lowest BCUT2D eigenvalue weighted by Gasteiger charge is -2.30. The monoisotopic (exact) mass is 184 g/mol. The van der Waals surface area contributed by atoms with Crippen LogP contribution < -0.4 is 5.73 Å². The average molecular weight is 184 g/mol. The molecule has 1 rings (SSSR count). The molecule has 0 aromatic heterocycles. The summed E-state index contributed by atoms with van der Waals surface area (Å²) >= 11 is 0. The quantitative estimate of drug-likeness (QED) is 0.626. The lowest BCUT2D eigenvalue weighted by molar-refractivity contribution is -0.241. The first kappa shape index (κ1) is 10.1. The fraction of sp³-hybridized carbons (Fsp3) is 0.750. The molecule has 0 spiro atoms. The van der Waals surface area contributed by atoms with Crippen molar-refractivity contribution in [2.75, 3.05) is 0 Å². The average Bonchev–Trinajstić information content (AvgIpc) is 2.11. The molecule has 5 nitrogen and oxygen atoms in total. The summed E-state index contributed by atoms with van der Waals surface area (Å²) in [5.74, 6) is -0.628. The molecule has 13 heavy (non-hydrogen) atoms. The van der Waals surface area contributed by atoms with Gasteiger partial charge in [-0.25, -0.2) is 0 Å². The van der Waals surface area contributed by atoms with Crippen LogP contribution in [-0.4, -0.2) is 27.9 Å². The molecule has 0 aliphatic carbocycles. The molecule has 0 aromatic carbocycles. The first-order chi connectivity index (χ1) is 5.69. The molecular formula is C8H14N3O2. The number of carbonyl (C=O) groups is 1. The third-order valence-electron chi connectivity index (χ3n) is 2.20. The topological polar surface area (TPSA) is 78.6 Å². The van der Waals surface area contributed by atoms with Crippen molar-refractivity contribution in [1.82, 2.24) is 5.06 Å². The Morgan fingerprint density at radius 2 is 1.85 bits per heavy atom. The van der Waals surface area contributed by atoms with E-state index in [9.17, 15) is 10.0 Å². The van der Waals surface area contributed by atoms with Crippen LogP contribution in [0.5, 0.6) is 0 Å². The Balaban J connectivity index is 3.17. The highest BCUT2D eigenvalue weighted by Gasteiger charge is 2.50. The van der Waals surface area contributed by atoms with E-state index in [-0.39, 0.29) is 5.71 Å². The van der Waals surface area contributed by atoms with E-state index in [0.717, 1.165) is 5.06 Å². The van der Waals surface area contributed by atoms with E-state index in [4.69, 9.17) is 5.73 Å². The van der Waals surface area contributed by atoms with E-state index >= 15 is 0 Å². The molecule has 5 heteroatoms. The molecule has 73 valence electrons. The largest absolute Gasteiger partial charge is 0.364 e. The second-order valence-electron chi connectivity index (χ2n) is 4.17. The number of carbonyl (C=O) groups excluding carboxylic acids is 1. The molecule has 1 heterocycles. The van der Waals surface area contributed by atoms with Gasteiger partial charge in [-0.2, -0.15) is 0 Å². The van der Waals surface area contributed by atoms with Crippen molar-refractivity contribution in [2.45, 2.75) is 38.9 Å². The number of primary amides is 1. The molecule has 2 N–H and O–H groups in total. The number of nitrogens with two attached hydrogens (primary N) is 1. The number of aliphatic imine (C=N–C) groups is 1. The van der Waals surface area contributed by atoms with Crippen LogP contribution in [0.15, 0.2) is 4.99 Å². The van der Waals surface area contributed by atoms with Gasteiger partial charge in [-0.1, -0.05) is 0 Å². The third-order valence-corrected chi connectivity index (χ3v) is 2.20. The van der Waals surface area contributed by atoms with E-state index in [1.165, 1.54) is 0 Å². The molecule has 0 fully saturated rings. The molecule has 0 unspecified atom stereocenters. The zero-order chi connectivity index (χ0) is 10.4. The van der Waals surface area contributed by atoms with Gasteiger partial charge < -0.3 is 5.73 Å². The summed E-state index contributed by atoms with van der Waals surface area (Å²) in [5, 5.41) is 12.4. The first-order valence-corrected chi connectivity index (χ1v) is 4.07.